The van der Waals surface area contributed by atoms with Crippen molar-refractivity contribution in [2.24, 2.45) is 7.05 Å². The monoisotopic (exact) mass is 252 g/mol. The van der Waals surface area contributed by atoms with E-state index in [1.165, 1.54) is 0 Å². The van der Waals surface area contributed by atoms with Gasteiger partial charge >= 0.3 is 0 Å². The van der Waals surface area contributed by atoms with Gasteiger partial charge in [0.25, 0.3) is 0 Å². The van der Waals surface area contributed by atoms with Gasteiger partial charge in [0.2, 0.25) is 0 Å². The van der Waals surface area contributed by atoms with Crippen molar-refractivity contribution in [1.82, 2.24) is 9.47 Å². The lowest BCUT2D eigenvalue weighted by Gasteiger charge is -2.23. The Hall–Kier alpha value is -1.13. The van der Waals surface area contributed by atoms with Crippen molar-refractivity contribution in [3.05, 3.63) is 23.0 Å². The number of ether oxygens (including phenoxy) is 1. The van der Waals surface area contributed by atoms with Gasteiger partial charge in [0.05, 0.1) is 13.2 Å². The van der Waals surface area contributed by atoms with Crippen molar-refractivity contribution in [1.29, 1.82) is 0 Å². The number of nitrogens with zero attached hydrogens (tertiary/aromatic N) is 2. The predicted molar refractivity (Wildman–Crippen MR) is 73.2 cm³/mol. The summed E-state index contributed by atoms with van der Waals surface area (Å²) in [6.45, 7) is 7.12. The minimum absolute atomic E-state index is 0.168. The molecule has 0 saturated heterocycles. The van der Waals surface area contributed by atoms with Gasteiger partial charge in [0, 0.05) is 37.2 Å². The highest BCUT2D eigenvalue weighted by molar-refractivity contribution is 5.99. The maximum absolute atomic E-state index is 12.3. The standard InChI is InChI=1S/C14H24N2O2/c1-10-7-13(12(3)16(10)5)14(17)8-15(4)11(2)9-18-6/h7,11H,8-9H2,1-6H3. The quantitative estimate of drug-likeness (QED) is 0.724. The van der Waals surface area contributed by atoms with E-state index in [2.05, 4.69) is 6.92 Å². The number of hydrogen-bond donors (Lipinski definition) is 0. The van der Waals surface area contributed by atoms with E-state index in [4.69, 9.17) is 4.74 Å². The molecule has 1 unspecified atom stereocenters. The Balaban J connectivity index is 2.73. The maximum atomic E-state index is 12.3. The Morgan fingerprint density at radius 3 is 2.56 bits per heavy atom. The molecule has 0 N–H and O–H groups in total. The van der Waals surface area contributed by atoms with Crippen LogP contribution in [0.25, 0.3) is 0 Å². The number of carbonyl (C=O) groups is 1. The predicted octanol–water partition coefficient (Wildman–Crippen LogP) is 1.79. The van der Waals surface area contributed by atoms with E-state index < -0.39 is 0 Å². The number of aromatic nitrogens is 1. The van der Waals surface area contributed by atoms with Crippen molar-refractivity contribution in [2.45, 2.75) is 26.8 Å². The zero-order valence-corrected chi connectivity index (χ0v) is 12.3. The van der Waals surface area contributed by atoms with Crippen LogP contribution in [0.15, 0.2) is 6.07 Å². The topological polar surface area (TPSA) is 34.5 Å². The van der Waals surface area contributed by atoms with Gasteiger partial charge in [0.15, 0.2) is 5.78 Å². The van der Waals surface area contributed by atoms with Crippen LogP contribution >= 0.6 is 0 Å². The van der Waals surface area contributed by atoms with Gasteiger partial charge in [-0.15, -0.1) is 0 Å². The van der Waals surface area contributed by atoms with E-state index in [0.29, 0.717) is 13.2 Å². The molecule has 1 aromatic rings. The first kappa shape index (κ1) is 14.9. The molecule has 0 spiro atoms. The molecule has 0 amide bonds. The van der Waals surface area contributed by atoms with Crippen LogP contribution in [0.1, 0.15) is 28.7 Å². The van der Waals surface area contributed by atoms with Gasteiger partial charge in [0.1, 0.15) is 0 Å². The van der Waals surface area contributed by atoms with Crippen molar-refractivity contribution >= 4 is 5.78 Å². The summed E-state index contributed by atoms with van der Waals surface area (Å²) < 4.78 is 7.15. The Morgan fingerprint density at radius 1 is 1.50 bits per heavy atom. The second-order valence-corrected chi connectivity index (χ2v) is 4.99. The summed E-state index contributed by atoms with van der Waals surface area (Å²) >= 11 is 0. The molecule has 1 aromatic heterocycles. The molecule has 0 aromatic carbocycles. The summed E-state index contributed by atoms with van der Waals surface area (Å²) in [5.74, 6) is 0.168. The molecule has 0 bridgehead atoms. The Kier molecular flexibility index (Phi) is 5.11. The highest BCUT2D eigenvalue weighted by atomic mass is 16.5. The Labute approximate surface area is 110 Å². The number of rotatable bonds is 6. The van der Waals surface area contributed by atoms with Gasteiger partial charge in [-0.1, -0.05) is 0 Å². The first-order valence-electron chi connectivity index (χ1n) is 6.23. The molecule has 4 heteroatoms. The van der Waals surface area contributed by atoms with Gasteiger partial charge < -0.3 is 9.30 Å². The van der Waals surface area contributed by atoms with Gasteiger partial charge in [-0.05, 0) is 33.9 Å². The maximum Gasteiger partial charge on any atom is 0.178 e. The van der Waals surface area contributed by atoms with Crippen LogP contribution in [-0.4, -0.2) is 48.6 Å². The fourth-order valence-corrected chi connectivity index (χ4v) is 1.97. The molecular weight excluding hydrogens is 228 g/mol. The molecule has 0 aliphatic rings. The van der Waals surface area contributed by atoms with Crippen LogP contribution < -0.4 is 0 Å². The van der Waals surface area contributed by atoms with E-state index in [0.717, 1.165) is 17.0 Å². The molecule has 4 nitrogen and oxygen atoms in total. The fourth-order valence-electron chi connectivity index (χ4n) is 1.97. The van der Waals surface area contributed by atoms with Crippen LogP contribution in [0.3, 0.4) is 0 Å². The molecule has 18 heavy (non-hydrogen) atoms. The van der Waals surface area contributed by atoms with E-state index in [1.807, 2.05) is 43.5 Å². The molecule has 0 radical (unpaired) electrons. The van der Waals surface area contributed by atoms with Crippen molar-refractivity contribution < 1.29 is 9.53 Å². The second-order valence-electron chi connectivity index (χ2n) is 4.99. The molecule has 1 heterocycles. The summed E-state index contributed by atoms with van der Waals surface area (Å²) in [5.41, 5.74) is 2.97. The average Bonchev–Trinajstić information content (AvgIpc) is 2.57. The number of ketones is 1. The number of likely N-dealkylation sites (N-methyl/N-ethyl adjacent to an activating group) is 1. The Bertz CT molecular complexity index is 424. The minimum Gasteiger partial charge on any atom is -0.383 e. The van der Waals surface area contributed by atoms with Crippen LogP contribution in [0.2, 0.25) is 0 Å². The SMILES string of the molecule is COCC(C)N(C)CC(=O)c1cc(C)n(C)c1C. The lowest BCUT2D eigenvalue weighted by atomic mass is 10.1. The molecular formula is C14H24N2O2. The lowest BCUT2D eigenvalue weighted by Crippen LogP contribution is -2.36. The van der Waals surface area contributed by atoms with E-state index >= 15 is 0 Å². The van der Waals surface area contributed by atoms with Crippen LogP contribution in [-0.2, 0) is 11.8 Å². The largest absolute Gasteiger partial charge is 0.383 e. The number of methoxy groups -OCH3 is 1. The fraction of sp³-hybridized carbons (Fsp3) is 0.643. The third-order valence-corrected chi connectivity index (χ3v) is 3.63. The molecule has 1 atom stereocenters. The first-order valence-corrected chi connectivity index (χ1v) is 6.23. The molecule has 0 aliphatic heterocycles. The van der Waals surface area contributed by atoms with Gasteiger partial charge in [-0.2, -0.15) is 0 Å². The number of hydrogen-bond acceptors (Lipinski definition) is 3. The van der Waals surface area contributed by atoms with Crippen molar-refractivity contribution in [3.63, 3.8) is 0 Å². The normalized spacial score (nSPS) is 13.1. The van der Waals surface area contributed by atoms with E-state index in [-0.39, 0.29) is 11.8 Å². The lowest BCUT2D eigenvalue weighted by molar-refractivity contribution is 0.0840. The molecule has 102 valence electrons. The minimum atomic E-state index is 0.168. The molecule has 0 aliphatic carbocycles. The number of aryl methyl sites for hydroxylation is 1. The second kappa shape index (κ2) is 6.16. The van der Waals surface area contributed by atoms with E-state index in [9.17, 15) is 4.79 Å². The van der Waals surface area contributed by atoms with E-state index in [1.54, 1.807) is 7.11 Å². The third kappa shape index (κ3) is 3.21. The zero-order chi connectivity index (χ0) is 13.9. The zero-order valence-electron chi connectivity index (χ0n) is 12.3. The summed E-state index contributed by atoms with van der Waals surface area (Å²) in [7, 11) is 5.61. The molecule has 0 saturated carbocycles. The summed E-state index contributed by atoms with van der Waals surface area (Å²) in [4.78, 5) is 14.3. The number of carbonyl (C=O) groups excluding carboxylic acids is 1. The molecule has 0 fully saturated rings. The highest BCUT2D eigenvalue weighted by Crippen LogP contribution is 2.14. The van der Waals surface area contributed by atoms with Crippen LogP contribution in [0, 0.1) is 13.8 Å². The molecule has 1 rings (SSSR count). The smallest absolute Gasteiger partial charge is 0.178 e. The van der Waals surface area contributed by atoms with Crippen molar-refractivity contribution in [2.75, 3.05) is 27.3 Å². The third-order valence-electron chi connectivity index (χ3n) is 3.63. The van der Waals surface area contributed by atoms with Crippen LogP contribution in [0.4, 0.5) is 0 Å². The average molecular weight is 252 g/mol. The first-order chi connectivity index (χ1) is 8.38. The Morgan fingerprint density at radius 2 is 2.11 bits per heavy atom. The van der Waals surface area contributed by atoms with Gasteiger partial charge in [-0.3, -0.25) is 9.69 Å². The summed E-state index contributed by atoms with van der Waals surface area (Å²) in [6.07, 6.45) is 0. The van der Waals surface area contributed by atoms with Crippen LogP contribution in [0.5, 0.6) is 0 Å². The summed E-state index contributed by atoms with van der Waals surface area (Å²) in [5, 5.41) is 0. The van der Waals surface area contributed by atoms with Gasteiger partial charge in [-0.25, -0.2) is 0 Å². The van der Waals surface area contributed by atoms with Crippen molar-refractivity contribution in [3.8, 4) is 0 Å². The summed E-state index contributed by atoms with van der Waals surface area (Å²) in [6, 6.07) is 2.20. The highest BCUT2D eigenvalue weighted by Gasteiger charge is 2.18. The number of Topliss-reactive ketones (excluding diaryl/α,β-unsaturated/α-hetero) is 1.